The van der Waals surface area contributed by atoms with Gasteiger partial charge >= 0.3 is 5.97 Å². The number of hydrogen-bond donors (Lipinski definition) is 5. The van der Waals surface area contributed by atoms with E-state index in [1.165, 1.54) is 14.0 Å². The van der Waals surface area contributed by atoms with Gasteiger partial charge in [0.05, 0.1) is 23.9 Å². The maximum atomic E-state index is 13.9. The molecule has 0 saturated carbocycles. The third-order valence-electron chi connectivity index (χ3n) is 11.7. The number of esters is 1. The lowest BCUT2D eigenvalue weighted by Crippen LogP contribution is -2.46. The third kappa shape index (κ3) is 9.67. The van der Waals surface area contributed by atoms with Crippen LogP contribution in [0.4, 0.5) is 5.69 Å². The second-order valence-corrected chi connectivity index (χ2v) is 15.8. The first-order chi connectivity index (χ1) is 28.5. The number of hydrazine groups is 1. The summed E-state index contributed by atoms with van der Waals surface area (Å²) < 4.78 is 19.4. The predicted octanol–water partition coefficient (Wildman–Crippen LogP) is 3.76. The van der Waals surface area contributed by atoms with Gasteiger partial charge in [0.2, 0.25) is 5.78 Å². The Hall–Kier alpha value is -5.30. The Balaban J connectivity index is 1.79. The number of aliphatic hydroxyl groups is 2. The molecular formula is C46H59N5O9. The van der Waals surface area contributed by atoms with Crippen molar-refractivity contribution in [2.75, 3.05) is 33.1 Å². The smallest absolute Gasteiger partial charge is 0.302 e. The van der Waals surface area contributed by atoms with E-state index in [2.05, 4.69) is 22.6 Å². The van der Waals surface area contributed by atoms with Crippen LogP contribution in [0.5, 0.6) is 5.75 Å². The van der Waals surface area contributed by atoms with Crippen molar-refractivity contribution in [3.8, 4) is 17.6 Å². The van der Waals surface area contributed by atoms with E-state index >= 15 is 0 Å². The number of allylic oxidation sites excluding steroid dienone is 3. The molecule has 1 aromatic carbocycles. The number of amides is 1. The molecule has 3 heterocycles. The van der Waals surface area contributed by atoms with Crippen LogP contribution in [0.15, 0.2) is 54.3 Å². The van der Waals surface area contributed by atoms with Crippen LogP contribution in [0.25, 0.3) is 28.5 Å². The molecule has 0 spiro atoms. The van der Waals surface area contributed by atoms with Crippen molar-refractivity contribution in [3.63, 3.8) is 0 Å². The number of ether oxygens (including phenoxy) is 3. The molecule has 2 aliphatic rings. The van der Waals surface area contributed by atoms with Gasteiger partial charge in [-0.05, 0) is 48.6 Å². The van der Waals surface area contributed by atoms with E-state index < -0.39 is 77.6 Å². The number of methoxy groups -OCH3 is 2. The van der Waals surface area contributed by atoms with Crippen LogP contribution in [-0.4, -0.2) is 106 Å². The summed E-state index contributed by atoms with van der Waals surface area (Å²) in [5.74, 6) is 1.32. The molecule has 0 radical (unpaired) electrons. The second-order valence-electron chi connectivity index (χ2n) is 15.8. The molecule has 2 aromatic heterocycles. The minimum absolute atomic E-state index is 0.0119. The van der Waals surface area contributed by atoms with Crippen molar-refractivity contribution in [3.05, 3.63) is 70.3 Å². The van der Waals surface area contributed by atoms with Crippen LogP contribution in [-0.2, 0) is 23.8 Å². The van der Waals surface area contributed by atoms with Crippen molar-refractivity contribution in [2.45, 2.75) is 91.8 Å². The first-order valence-corrected chi connectivity index (χ1v) is 20.4. The van der Waals surface area contributed by atoms with Gasteiger partial charge in [0, 0.05) is 81.6 Å². The molecule has 14 heteroatoms. The van der Waals surface area contributed by atoms with Crippen LogP contribution < -0.4 is 21.2 Å². The number of nitrogens with one attached hydrogen (secondary N) is 2. The molecule has 1 aliphatic heterocycles. The van der Waals surface area contributed by atoms with E-state index in [0.29, 0.717) is 40.3 Å². The zero-order chi connectivity index (χ0) is 44.0. The fraction of sp³-hybridized carbons (Fsp3) is 0.478. The number of benzene rings is 1. The molecule has 1 aliphatic carbocycles. The minimum Gasteiger partial charge on any atom is -0.505 e. The fourth-order valence-electron chi connectivity index (χ4n) is 7.98. The first-order valence-electron chi connectivity index (χ1n) is 20.4. The predicted molar refractivity (Wildman–Crippen MR) is 231 cm³/mol. The molecule has 9 atom stereocenters. The van der Waals surface area contributed by atoms with Crippen LogP contribution in [0.3, 0.4) is 0 Å². The number of carbonyl (C=O) groups excluding carboxylic acids is 3. The van der Waals surface area contributed by atoms with Crippen molar-refractivity contribution in [2.24, 2.45) is 23.7 Å². The van der Waals surface area contributed by atoms with Crippen LogP contribution in [0, 0.1) is 35.5 Å². The number of hydrogen-bond acceptors (Lipinski definition) is 12. The number of carbonyl (C=O) groups is 3. The third-order valence-corrected chi connectivity index (χ3v) is 11.7. The zero-order valence-corrected chi connectivity index (χ0v) is 36.1. The number of imidazole rings is 1. The molecule has 1 unspecified atom stereocenters. The highest BCUT2D eigenvalue weighted by atomic mass is 16.5. The molecule has 60 heavy (non-hydrogen) atoms. The topological polar surface area (TPSA) is 184 Å². The maximum absolute atomic E-state index is 13.9. The Morgan fingerprint density at radius 1 is 1.10 bits per heavy atom. The van der Waals surface area contributed by atoms with Gasteiger partial charge < -0.3 is 40.3 Å². The van der Waals surface area contributed by atoms with E-state index in [1.54, 1.807) is 63.6 Å². The Morgan fingerprint density at radius 2 is 1.83 bits per heavy atom. The number of aliphatic hydroxyl groups excluding tert-OH is 2. The Labute approximate surface area is 351 Å². The van der Waals surface area contributed by atoms with Gasteiger partial charge in [0.1, 0.15) is 34.6 Å². The largest absolute Gasteiger partial charge is 0.505 e. The lowest BCUT2D eigenvalue weighted by atomic mass is 9.78. The van der Waals surface area contributed by atoms with Crippen LogP contribution in [0.2, 0.25) is 0 Å². The maximum Gasteiger partial charge on any atom is 0.302 e. The van der Waals surface area contributed by atoms with E-state index in [1.807, 2.05) is 56.4 Å². The van der Waals surface area contributed by atoms with Gasteiger partial charge in [-0.25, -0.2) is 9.99 Å². The van der Waals surface area contributed by atoms with Crippen molar-refractivity contribution < 1.29 is 43.9 Å². The number of nitrogens with zero attached hydrogens (tertiary/aromatic N) is 3. The average Bonchev–Trinajstić information content (AvgIpc) is 3.54. The second kappa shape index (κ2) is 19.8. The summed E-state index contributed by atoms with van der Waals surface area (Å²) in [5, 5.41) is 41.0. The van der Waals surface area contributed by atoms with Gasteiger partial charge in [0.25, 0.3) is 5.91 Å². The number of ketones is 1. The zero-order valence-electron chi connectivity index (χ0n) is 36.1. The van der Waals surface area contributed by atoms with Crippen LogP contribution >= 0.6 is 0 Å². The molecule has 3 aromatic rings. The summed E-state index contributed by atoms with van der Waals surface area (Å²) >= 11 is 0. The number of fused-ring (bicyclic) bond motifs is 5. The summed E-state index contributed by atoms with van der Waals surface area (Å²) in [6.07, 6.45) is 8.88. The highest BCUT2D eigenvalue weighted by Crippen LogP contribution is 2.37. The molecular weight excluding hydrogens is 767 g/mol. The van der Waals surface area contributed by atoms with E-state index in [9.17, 15) is 29.7 Å². The number of phenols is 1. The summed E-state index contributed by atoms with van der Waals surface area (Å²) in [6.45, 7) is 12.9. The molecule has 0 saturated heterocycles. The molecule has 0 fully saturated rings. The highest BCUT2D eigenvalue weighted by Gasteiger charge is 2.39. The summed E-state index contributed by atoms with van der Waals surface area (Å²) in [4.78, 5) is 45.3. The lowest BCUT2D eigenvalue weighted by Gasteiger charge is -2.38. The van der Waals surface area contributed by atoms with Crippen molar-refractivity contribution in [1.82, 2.24) is 19.8 Å². The number of pyridine rings is 1. The van der Waals surface area contributed by atoms with E-state index in [4.69, 9.17) is 19.2 Å². The molecule has 14 nitrogen and oxygen atoms in total. The SMILES string of the molecule is CCN(C)NC=c1ccn2c(c1)nc1c3c4c(O)c(c12)NC(=O)/C(C)=C\C=C\[C@H](C)[C@H](O)[C@@H](C)[C@@H](O)[C@@H](C)[C@H](OC(C)=O)[C@H](C)[C@@H](OC)/C=C/CCC=3C(OC)C#CC4=O. The lowest BCUT2D eigenvalue weighted by molar-refractivity contribution is -0.160. The molecule has 1 amide bonds. The van der Waals surface area contributed by atoms with Gasteiger partial charge in [-0.1, -0.05) is 70.9 Å². The van der Waals surface area contributed by atoms with Crippen molar-refractivity contribution in [1.29, 1.82) is 0 Å². The number of phenolic OH excluding ortho intramolecular Hbond substituents is 1. The first kappa shape index (κ1) is 45.8. The summed E-state index contributed by atoms with van der Waals surface area (Å²) in [7, 11) is 4.97. The van der Waals surface area contributed by atoms with Crippen LogP contribution in [0.1, 0.15) is 71.7 Å². The van der Waals surface area contributed by atoms with E-state index in [-0.39, 0.29) is 16.8 Å². The van der Waals surface area contributed by atoms with Gasteiger partial charge in [0.15, 0.2) is 5.75 Å². The monoisotopic (exact) mass is 825 g/mol. The number of aromatic nitrogens is 2. The van der Waals surface area contributed by atoms with Gasteiger partial charge in [-0.2, -0.15) is 0 Å². The number of aromatic hydroxyl groups is 1. The Kier molecular flexibility index (Phi) is 15.1. The highest BCUT2D eigenvalue weighted by molar-refractivity contribution is 6.18. The number of anilines is 1. The van der Waals surface area contributed by atoms with Gasteiger partial charge in [-0.3, -0.25) is 18.8 Å². The standard InChI is InChI=1S/C46H59N5O9/c1-11-50(8)47-24-31-21-22-51-36(23-31)48-39-37-32-17-12-13-18-34(58-9)27(4)45(60-30(7)52)29(6)43(55)28(5)42(54)25(2)15-14-16-26(3)46(57)49-40(41(39)51)44(56)38(37)33(53)19-20-35(32)59-10/h13-16,18,21-25,27-29,34-35,42-43,45,47,54-56H,11-12,17H2,1-10H3,(H,49,57)/b15-14+,18-13+,26-16-,31-24?/t25-,27+,28+,29+,34-,35?,42-,43+,45+/m0/s1. The molecule has 4 bridgehead atoms. The van der Waals surface area contributed by atoms with E-state index in [0.717, 1.165) is 11.8 Å². The normalized spacial score (nSPS) is 29.4. The Morgan fingerprint density at radius 3 is 2.50 bits per heavy atom. The quantitative estimate of drug-likeness (QED) is 0.0607. The molecule has 5 N–H and O–H groups in total. The van der Waals surface area contributed by atoms with Crippen molar-refractivity contribution >= 4 is 51.8 Å². The minimum atomic E-state index is -1.05. The average molecular weight is 826 g/mol. The summed E-state index contributed by atoms with van der Waals surface area (Å²) in [6, 6.07) is 3.72. The Bertz CT molecular complexity index is 2390. The molecule has 5 rings (SSSR count). The fourth-order valence-corrected chi connectivity index (χ4v) is 7.98. The molecule has 322 valence electrons. The summed E-state index contributed by atoms with van der Waals surface area (Å²) in [5.41, 5.74) is 5.18. The van der Waals surface area contributed by atoms with Gasteiger partial charge in [-0.15, -0.1) is 0 Å². The number of Topliss-reactive ketones (excluding diaryl/α,β-unsaturated/α-hetero) is 1. The number of rotatable bonds is 6.